The number of hydrogen-bond acceptors (Lipinski definition) is 5. The van der Waals surface area contributed by atoms with Crippen molar-refractivity contribution < 1.29 is 14.3 Å². The lowest BCUT2D eigenvalue weighted by atomic mass is 10.2. The highest BCUT2D eigenvalue weighted by Crippen LogP contribution is 2.35. The molecular weight excluding hydrogens is 336 g/mol. The molecule has 0 unspecified atom stereocenters. The fourth-order valence-electron chi connectivity index (χ4n) is 2.38. The van der Waals surface area contributed by atoms with Crippen LogP contribution in [0.4, 0.5) is 0 Å². The Morgan fingerprint density at radius 1 is 1.20 bits per heavy atom. The summed E-state index contributed by atoms with van der Waals surface area (Å²) in [4.78, 5) is 19.6. The maximum Gasteiger partial charge on any atom is 0.266 e. The van der Waals surface area contributed by atoms with Gasteiger partial charge in [0.2, 0.25) is 0 Å². The molecule has 6 heteroatoms. The van der Waals surface area contributed by atoms with Crippen LogP contribution in [0.25, 0.3) is 10.6 Å². The molecule has 0 aliphatic heterocycles. The highest BCUT2D eigenvalue weighted by Gasteiger charge is 2.21. The average Bonchev–Trinajstić information content (AvgIpc) is 3.02. The molecule has 2 aromatic rings. The van der Waals surface area contributed by atoms with Gasteiger partial charge >= 0.3 is 0 Å². The van der Waals surface area contributed by atoms with E-state index in [1.54, 1.807) is 31.3 Å². The van der Waals surface area contributed by atoms with Crippen LogP contribution in [0.2, 0.25) is 0 Å². The first-order valence-electron chi connectivity index (χ1n) is 7.76. The molecule has 1 heterocycles. The molecule has 0 aliphatic carbocycles. The number of rotatable bonds is 8. The molecule has 1 amide bonds. The Balaban J connectivity index is 2.38. The van der Waals surface area contributed by atoms with E-state index in [1.807, 2.05) is 25.1 Å². The SMILES string of the molecule is C=CCN(CC=C)C(=O)c1sc(-c2ccc(OC)c(OC)c2)nc1C. The minimum Gasteiger partial charge on any atom is -0.493 e. The quantitative estimate of drug-likeness (QED) is 0.671. The van der Waals surface area contributed by atoms with Gasteiger partial charge in [0.25, 0.3) is 5.91 Å². The Bertz CT molecular complexity index is 773. The van der Waals surface area contributed by atoms with E-state index in [1.165, 1.54) is 11.3 Å². The van der Waals surface area contributed by atoms with E-state index in [0.717, 1.165) is 10.6 Å². The van der Waals surface area contributed by atoms with Crippen LogP contribution in [-0.2, 0) is 0 Å². The van der Waals surface area contributed by atoms with E-state index in [4.69, 9.17) is 9.47 Å². The van der Waals surface area contributed by atoms with Crippen LogP contribution < -0.4 is 9.47 Å². The number of benzene rings is 1. The molecule has 0 N–H and O–H groups in total. The van der Waals surface area contributed by atoms with Gasteiger partial charge in [-0.1, -0.05) is 12.2 Å². The second-order valence-corrected chi connectivity index (χ2v) is 6.29. The summed E-state index contributed by atoms with van der Waals surface area (Å²) in [6, 6.07) is 5.59. The molecule has 0 spiro atoms. The minimum absolute atomic E-state index is 0.0680. The van der Waals surface area contributed by atoms with Gasteiger partial charge in [0, 0.05) is 18.7 Å². The van der Waals surface area contributed by atoms with Crippen LogP contribution >= 0.6 is 11.3 Å². The van der Waals surface area contributed by atoms with E-state index >= 15 is 0 Å². The predicted molar refractivity (Wildman–Crippen MR) is 102 cm³/mol. The standard InChI is InChI=1S/C19H22N2O3S/c1-6-10-21(11-7-2)19(22)17-13(3)20-18(25-17)14-8-9-15(23-4)16(12-14)24-5/h6-9,12H,1-2,10-11H2,3-5H3. The Morgan fingerprint density at radius 3 is 2.40 bits per heavy atom. The smallest absolute Gasteiger partial charge is 0.266 e. The van der Waals surface area contributed by atoms with Crippen molar-refractivity contribution >= 4 is 17.2 Å². The summed E-state index contributed by atoms with van der Waals surface area (Å²) in [7, 11) is 3.18. The first-order valence-corrected chi connectivity index (χ1v) is 8.58. The second-order valence-electron chi connectivity index (χ2n) is 5.29. The number of nitrogens with zero attached hydrogens (tertiary/aromatic N) is 2. The Hall–Kier alpha value is -2.60. The predicted octanol–water partition coefficient (Wildman–Crippen LogP) is 3.95. The molecule has 0 atom stereocenters. The highest BCUT2D eigenvalue weighted by molar-refractivity contribution is 7.17. The molecule has 0 radical (unpaired) electrons. The molecule has 0 fully saturated rings. The van der Waals surface area contributed by atoms with Crippen molar-refractivity contribution in [3.05, 3.63) is 54.1 Å². The summed E-state index contributed by atoms with van der Waals surface area (Å²) in [5.74, 6) is 1.21. The normalized spacial score (nSPS) is 10.2. The van der Waals surface area contributed by atoms with Crippen molar-refractivity contribution in [3.63, 3.8) is 0 Å². The zero-order chi connectivity index (χ0) is 18.4. The summed E-state index contributed by atoms with van der Waals surface area (Å²) in [5.41, 5.74) is 1.58. The fraction of sp³-hybridized carbons (Fsp3) is 0.263. The van der Waals surface area contributed by atoms with Gasteiger partial charge in [-0.15, -0.1) is 24.5 Å². The van der Waals surface area contributed by atoms with E-state index in [9.17, 15) is 4.79 Å². The van der Waals surface area contributed by atoms with Crippen molar-refractivity contribution in [3.8, 4) is 22.1 Å². The lowest BCUT2D eigenvalue weighted by Gasteiger charge is -2.18. The van der Waals surface area contributed by atoms with Crippen molar-refractivity contribution in [2.24, 2.45) is 0 Å². The van der Waals surface area contributed by atoms with E-state index < -0.39 is 0 Å². The van der Waals surface area contributed by atoms with Crippen LogP contribution in [0.15, 0.2) is 43.5 Å². The Morgan fingerprint density at radius 2 is 1.84 bits per heavy atom. The molecule has 0 aliphatic rings. The third-order valence-electron chi connectivity index (χ3n) is 3.61. The highest BCUT2D eigenvalue weighted by atomic mass is 32.1. The Kier molecular flexibility index (Phi) is 6.36. The molecule has 132 valence electrons. The van der Waals surface area contributed by atoms with Crippen LogP contribution in [0, 0.1) is 6.92 Å². The first-order chi connectivity index (χ1) is 12.0. The van der Waals surface area contributed by atoms with Gasteiger partial charge in [0.15, 0.2) is 11.5 Å². The number of aromatic nitrogens is 1. The maximum absolute atomic E-state index is 12.8. The van der Waals surface area contributed by atoms with Gasteiger partial charge in [0.1, 0.15) is 9.88 Å². The van der Waals surface area contributed by atoms with Crippen LogP contribution in [0.3, 0.4) is 0 Å². The Labute approximate surface area is 152 Å². The number of methoxy groups -OCH3 is 2. The molecule has 2 rings (SSSR count). The molecular formula is C19H22N2O3S. The summed E-state index contributed by atoms with van der Waals surface area (Å²) in [6.07, 6.45) is 3.40. The van der Waals surface area contributed by atoms with Crippen molar-refractivity contribution in [1.29, 1.82) is 0 Å². The number of amides is 1. The van der Waals surface area contributed by atoms with Gasteiger partial charge in [0.05, 0.1) is 19.9 Å². The third-order valence-corrected chi connectivity index (χ3v) is 4.80. The lowest BCUT2D eigenvalue weighted by molar-refractivity contribution is 0.0794. The largest absolute Gasteiger partial charge is 0.493 e. The summed E-state index contributed by atoms with van der Waals surface area (Å²) >= 11 is 1.37. The van der Waals surface area contributed by atoms with Gasteiger partial charge in [-0.2, -0.15) is 0 Å². The molecule has 0 saturated carbocycles. The maximum atomic E-state index is 12.8. The second kappa shape index (κ2) is 8.48. The topological polar surface area (TPSA) is 51.7 Å². The van der Waals surface area contributed by atoms with Crippen molar-refractivity contribution in [1.82, 2.24) is 9.88 Å². The van der Waals surface area contributed by atoms with Crippen LogP contribution in [0.1, 0.15) is 15.4 Å². The summed E-state index contributed by atoms with van der Waals surface area (Å²) in [5, 5.41) is 0.763. The number of aryl methyl sites for hydroxylation is 1. The molecule has 25 heavy (non-hydrogen) atoms. The van der Waals surface area contributed by atoms with E-state index in [2.05, 4.69) is 18.1 Å². The van der Waals surface area contributed by atoms with E-state index in [-0.39, 0.29) is 5.91 Å². The van der Waals surface area contributed by atoms with Gasteiger partial charge in [-0.05, 0) is 25.1 Å². The van der Waals surface area contributed by atoms with Gasteiger partial charge in [-0.3, -0.25) is 4.79 Å². The molecule has 1 aromatic carbocycles. The third kappa shape index (κ3) is 4.09. The average molecular weight is 358 g/mol. The summed E-state index contributed by atoms with van der Waals surface area (Å²) < 4.78 is 10.6. The number of ether oxygens (including phenoxy) is 2. The summed E-state index contributed by atoms with van der Waals surface area (Å²) in [6.45, 7) is 10.2. The lowest BCUT2D eigenvalue weighted by Crippen LogP contribution is -2.31. The number of carbonyl (C=O) groups excluding carboxylic acids is 1. The molecule has 0 saturated heterocycles. The van der Waals surface area contributed by atoms with Crippen LogP contribution in [0.5, 0.6) is 11.5 Å². The molecule has 1 aromatic heterocycles. The number of carbonyl (C=O) groups is 1. The minimum atomic E-state index is -0.0680. The van der Waals surface area contributed by atoms with Gasteiger partial charge < -0.3 is 14.4 Å². The monoisotopic (exact) mass is 358 g/mol. The van der Waals surface area contributed by atoms with Crippen LogP contribution in [-0.4, -0.2) is 43.1 Å². The van der Waals surface area contributed by atoms with Crippen molar-refractivity contribution in [2.75, 3.05) is 27.3 Å². The number of hydrogen-bond donors (Lipinski definition) is 0. The zero-order valence-corrected chi connectivity index (χ0v) is 15.6. The fourth-order valence-corrected chi connectivity index (χ4v) is 3.41. The zero-order valence-electron chi connectivity index (χ0n) is 14.7. The van der Waals surface area contributed by atoms with E-state index in [0.29, 0.717) is 35.2 Å². The molecule has 0 bridgehead atoms. The number of thiazole rings is 1. The first kappa shape index (κ1) is 18.7. The van der Waals surface area contributed by atoms with Crippen molar-refractivity contribution in [2.45, 2.75) is 6.92 Å². The van der Waals surface area contributed by atoms with Gasteiger partial charge in [-0.25, -0.2) is 4.98 Å². The molecule has 5 nitrogen and oxygen atoms in total.